The Kier molecular flexibility index (Phi) is 1.32. The highest BCUT2D eigenvalue weighted by Gasteiger charge is 2.10. The molecule has 2 heterocycles. The van der Waals surface area contributed by atoms with E-state index in [0.717, 1.165) is 24.6 Å². The van der Waals surface area contributed by atoms with Crippen LogP contribution in [-0.2, 0) is 11.3 Å². The van der Waals surface area contributed by atoms with Crippen LogP contribution in [-0.4, -0.2) is 18.3 Å². The average Bonchev–Trinajstić information content (AvgIpc) is 2.28. The SMILES string of the molecule is c1noc2c1COCCN2. The molecule has 1 aliphatic heterocycles. The first kappa shape index (κ1) is 5.73. The Morgan fingerprint density at radius 1 is 1.60 bits per heavy atom. The molecular formula is C6H8N2O2. The van der Waals surface area contributed by atoms with E-state index in [1.54, 1.807) is 6.20 Å². The molecule has 10 heavy (non-hydrogen) atoms. The van der Waals surface area contributed by atoms with Gasteiger partial charge in [-0.1, -0.05) is 5.16 Å². The van der Waals surface area contributed by atoms with Crippen LogP contribution in [0.15, 0.2) is 10.7 Å². The quantitative estimate of drug-likeness (QED) is 0.573. The van der Waals surface area contributed by atoms with Crippen LogP contribution in [0.25, 0.3) is 0 Å². The Hall–Kier alpha value is -1.03. The number of nitrogens with zero attached hydrogens (tertiary/aromatic N) is 1. The molecule has 0 radical (unpaired) electrons. The van der Waals surface area contributed by atoms with Gasteiger partial charge in [-0.2, -0.15) is 0 Å². The summed E-state index contributed by atoms with van der Waals surface area (Å²) in [6.45, 7) is 2.12. The molecular weight excluding hydrogens is 132 g/mol. The summed E-state index contributed by atoms with van der Waals surface area (Å²) in [6.07, 6.45) is 1.67. The minimum absolute atomic E-state index is 0.603. The number of rotatable bonds is 0. The van der Waals surface area contributed by atoms with Gasteiger partial charge in [0, 0.05) is 6.54 Å². The van der Waals surface area contributed by atoms with Gasteiger partial charge in [0.1, 0.15) is 0 Å². The highest BCUT2D eigenvalue weighted by atomic mass is 16.5. The second-order valence-electron chi connectivity index (χ2n) is 2.16. The van der Waals surface area contributed by atoms with Gasteiger partial charge in [-0.3, -0.25) is 0 Å². The maximum atomic E-state index is 5.22. The van der Waals surface area contributed by atoms with Gasteiger partial charge >= 0.3 is 0 Å². The van der Waals surface area contributed by atoms with Gasteiger partial charge in [0.2, 0.25) is 5.88 Å². The van der Waals surface area contributed by atoms with Gasteiger partial charge in [0.15, 0.2) is 0 Å². The first-order valence-electron chi connectivity index (χ1n) is 3.22. The lowest BCUT2D eigenvalue weighted by molar-refractivity contribution is 0.134. The van der Waals surface area contributed by atoms with E-state index in [2.05, 4.69) is 10.5 Å². The molecule has 0 saturated heterocycles. The Labute approximate surface area is 58.1 Å². The molecule has 1 N–H and O–H groups in total. The molecule has 54 valence electrons. The van der Waals surface area contributed by atoms with Crippen LogP contribution in [0.5, 0.6) is 0 Å². The van der Waals surface area contributed by atoms with Gasteiger partial charge < -0.3 is 14.6 Å². The summed E-state index contributed by atoms with van der Waals surface area (Å²) >= 11 is 0. The summed E-state index contributed by atoms with van der Waals surface area (Å²) in [5.41, 5.74) is 0.998. The minimum Gasteiger partial charge on any atom is -0.375 e. The summed E-state index contributed by atoms with van der Waals surface area (Å²) in [6, 6.07) is 0. The molecule has 2 rings (SSSR count). The molecule has 0 aliphatic carbocycles. The molecule has 0 atom stereocenters. The van der Waals surface area contributed by atoms with Gasteiger partial charge in [-0.25, -0.2) is 0 Å². The van der Waals surface area contributed by atoms with Gasteiger partial charge in [0.05, 0.1) is 25.0 Å². The van der Waals surface area contributed by atoms with E-state index in [-0.39, 0.29) is 0 Å². The molecule has 0 unspecified atom stereocenters. The normalized spacial score (nSPS) is 17.2. The number of hydrogen-bond donors (Lipinski definition) is 1. The van der Waals surface area contributed by atoms with Crippen LogP contribution in [0.3, 0.4) is 0 Å². The van der Waals surface area contributed by atoms with Crippen molar-refractivity contribution in [3.8, 4) is 0 Å². The number of nitrogens with one attached hydrogen (secondary N) is 1. The zero-order chi connectivity index (χ0) is 6.81. The first-order valence-corrected chi connectivity index (χ1v) is 3.22. The zero-order valence-electron chi connectivity index (χ0n) is 5.46. The molecule has 4 nitrogen and oxygen atoms in total. The number of ether oxygens (including phenoxy) is 1. The van der Waals surface area contributed by atoms with Gasteiger partial charge in [-0.05, 0) is 0 Å². The highest BCUT2D eigenvalue weighted by Crippen LogP contribution is 2.16. The van der Waals surface area contributed by atoms with E-state index in [9.17, 15) is 0 Å². The number of anilines is 1. The van der Waals surface area contributed by atoms with Gasteiger partial charge in [0.25, 0.3) is 0 Å². The summed E-state index contributed by atoms with van der Waals surface area (Å²) < 4.78 is 10.1. The second-order valence-corrected chi connectivity index (χ2v) is 2.16. The molecule has 1 aromatic heterocycles. The fraction of sp³-hybridized carbons (Fsp3) is 0.500. The number of hydrogen-bond acceptors (Lipinski definition) is 4. The molecule has 1 aromatic rings. The van der Waals surface area contributed by atoms with Crippen LogP contribution < -0.4 is 5.32 Å². The maximum absolute atomic E-state index is 5.22. The van der Waals surface area contributed by atoms with E-state index in [1.807, 2.05) is 0 Å². The third-order valence-electron chi connectivity index (χ3n) is 1.43. The largest absolute Gasteiger partial charge is 0.375 e. The van der Waals surface area contributed by atoms with Crippen molar-refractivity contribution < 1.29 is 9.26 Å². The third kappa shape index (κ3) is 0.863. The van der Waals surface area contributed by atoms with Crippen LogP contribution in [0.2, 0.25) is 0 Å². The molecule has 4 heteroatoms. The predicted octanol–water partition coefficient (Wildman–Crippen LogP) is 0.617. The van der Waals surface area contributed by atoms with Crippen molar-refractivity contribution in [3.63, 3.8) is 0 Å². The van der Waals surface area contributed by atoms with E-state index < -0.39 is 0 Å². The molecule has 0 amide bonds. The minimum atomic E-state index is 0.603. The molecule has 0 fully saturated rings. The van der Waals surface area contributed by atoms with Crippen LogP contribution >= 0.6 is 0 Å². The van der Waals surface area contributed by atoms with Crippen LogP contribution in [0, 0.1) is 0 Å². The van der Waals surface area contributed by atoms with Crippen LogP contribution in [0.4, 0.5) is 5.88 Å². The van der Waals surface area contributed by atoms with Crippen molar-refractivity contribution in [3.05, 3.63) is 11.8 Å². The van der Waals surface area contributed by atoms with Crippen molar-refractivity contribution >= 4 is 5.88 Å². The standard InChI is InChI=1S/C6H8N2O2/c1-2-9-4-5-3-8-10-6(5)7-1/h3,7H,1-2,4H2. The summed E-state index contributed by atoms with van der Waals surface area (Å²) in [5.74, 6) is 0.748. The Bertz CT molecular complexity index is 201. The lowest BCUT2D eigenvalue weighted by Crippen LogP contribution is -2.03. The topological polar surface area (TPSA) is 47.3 Å². The smallest absolute Gasteiger partial charge is 0.230 e. The highest BCUT2D eigenvalue weighted by molar-refractivity contribution is 5.39. The van der Waals surface area contributed by atoms with Crippen LogP contribution in [0.1, 0.15) is 5.56 Å². The molecule has 0 bridgehead atoms. The lowest BCUT2D eigenvalue weighted by atomic mass is 10.4. The van der Waals surface area contributed by atoms with Crippen molar-refractivity contribution in [2.45, 2.75) is 6.61 Å². The molecule has 0 saturated carbocycles. The van der Waals surface area contributed by atoms with Crippen molar-refractivity contribution in [1.29, 1.82) is 0 Å². The molecule has 0 aromatic carbocycles. The fourth-order valence-corrected chi connectivity index (χ4v) is 0.927. The predicted molar refractivity (Wildman–Crippen MR) is 34.6 cm³/mol. The van der Waals surface area contributed by atoms with Crippen molar-refractivity contribution in [2.75, 3.05) is 18.5 Å². The monoisotopic (exact) mass is 140 g/mol. The zero-order valence-corrected chi connectivity index (χ0v) is 5.46. The number of fused-ring (bicyclic) bond motifs is 1. The summed E-state index contributed by atoms with van der Waals surface area (Å²) in [5, 5.41) is 6.68. The first-order chi connectivity index (χ1) is 4.97. The maximum Gasteiger partial charge on any atom is 0.230 e. The summed E-state index contributed by atoms with van der Waals surface area (Å²) in [4.78, 5) is 0. The fourth-order valence-electron chi connectivity index (χ4n) is 0.927. The molecule has 1 aliphatic rings. The van der Waals surface area contributed by atoms with Crippen molar-refractivity contribution in [1.82, 2.24) is 5.16 Å². The summed E-state index contributed by atoms with van der Waals surface area (Å²) in [7, 11) is 0. The van der Waals surface area contributed by atoms with Gasteiger partial charge in [-0.15, -0.1) is 0 Å². The van der Waals surface area contributed by atoms with E-state index in [4.69, 9.17) is 9.26 Å². The number of aromatic nitrogens is 1. The molecule has 0 spiro atoms. The third-order valence-corrected chi connectivity index (χ3v) is 1.43. The van der Waals surface area contributed by atoms with E-state index >= 15 is 0 Å². The Morgan fingerprint density at radius 3 is 3.60 bits per heavy atom. The average molecular weight is 140 g/mol. The van der Waals surface area contributed by atoms with Crippen molar-refractivity contribution in [2.24, 2.45) is 0 Å². The van der Waals surface area contributed by atoms with E-state index in [1.165, 1.54) is 0 Å². The Balaban J connectivity index is 2.28. The Morgan fingerprint density at radius 2 is 2.60 bits per heavy atom. The lowest BCUT2D eigenvalue weighted by Gasteiger charge is -1.94. The van der Waals surface area contributed by atoms with E-state index in [0.29, 0.717) is 6.61 Å². The second kappa shape index (κ2) is 2.30.